The number of benzene rings is 2. The Labute approximate surface area is 155 Å². The van der Waals surface area contributed by atoms with Crippen LogP contribution in [-0.2, 0) is 4.79 Å². The number of amides is 3. The Morgan fingerprint density at radius 2 is 1.89 bits per heavy atom. The molecule has 136 valence electrons. The van der Waals surface area contributed by atoms with Crippen LogP contribution in [0.15, 0.2) is 59.9 Å². The molecule has 1 aromatic heterocycles. The molecule has 3 aromatic rings. The molecule has 0 fully saturated rings. The number of carbonyl (C=O) groups excluding carboxylic acids is 2. The van der Waals surface area contributed by atoms with Crippen molar-refractivity contribution in [2.45, 2.75) is 19.9 Å². The molecule has 1 unspecified atom stereocenters. The van der Waals surface area contributed by atoms with E-state index in [1.807, 2.05) is 49.4 Å². The van der Waals surface area contributed by atoms with Crippen molar-refractivity contribution in [3.63, 3.8) is 0 Å². The van der Waals surface area contributed by atoms with E-state index in [1.165, 1.54) is 0 Å². The predicted octanol–water partition coefficient (Wildman–Crippen LogP) is 3.14. The van der Waals surface area contributed by atoms with E-state index in [2.05, 4.69) is 26.1 Å². The number of aromatic nitrogens is 2. The second-order valence-electron chi connectivity index (χ2n) is 6.61. The number of fused-ring (bicyclic) bond motifs is 1. The largest absolute Gasteiger partial charge is 0.327 e. The van der Waals surface area contributed by atoms with Gasteiger partial charge in [0.05, 0.1) is 23.3 Å². The van der Waals surface area contributed by atoms with Gasteiger partial charge in [0.15, 0.2) is 0 Å². The van der Waals surface area contributed by atoms with Crippen LogP contribution in [0.3, 0.4) is 0 Å². The molecule has 0 saturated heterocycles. The topological polar surface area (TPSA) is 98.9 Å². The minimum atomic E-state index is -0.517. The van der Waals surface area contributed by atoms with Crippen LogP contribution in [0.1, 0.15) is 24.1 Å². The van der Waals surface area contributed by atoms with Gasteiger partial charge in [0, 0.05) is 16.8 Å². The van der Waals surface area contributed by atoms with Gasteiger partial charge in [-0.15, -0.1) is 0 Å². The van der Waals surface area contributed by atoms with Crippen LogP contribution in [0.25, 0.3) is 10.9 Å². The van der Waals surface area contributed by atoms with Crippen molar-refractivity contribution in [3.8, 4) is 0 Å². The van der Waals surface area contributed by atoms with E-state index in [4.69, 9.17) is 0 Å². The lowest BCUT2D eigenvalue weighted by Crippen LogP contribution is -2.45. The highest BCUT2D eigenvalue weighted by Gasteiger charge is 2.31. The van der Waals surface area contributed by atoms with Crippen LogP contribution in [-0.4, -0.2) is 22.1 Å². The van der Waals surface area contributed by atoms with Crippen LogP contribution in [0.5, 0.6) is 0 Å². The van der Waals surface area contributed by atoms with E-state index in [0.29, 0.717) is 17.0 Å². The molecule has 7 heteroatoms. The zero-order valence-electron chi connectivity index (χ0n) is 15.0. The maximum absolute atomic E-state index is 13.0. The molecule has 2 aromatic carbocycles. The summed E-state index contributed by atoms with van der Waals surface area (Å²) in [5, 5.41) is 16.2. The summed E-state index contributed by atoms with van der Waals surface area (Å²) in [5.41, 5.74) is 4.53. The van der Waals surface area contributed by atoms with Crippen molar-refractivity contribution in [2.75, 3.05) is 5.32 Å². The fourth-order valence-corrected chi connectivity index (χ4v) is 3.22. The maximum Gasteiger partial charge on any atom is 0.319 e. The smallest absolute Gasteiger partial charge is 0.319 e. The lowest BCUT2D eigenvalue weighted by molar-refractivity contribution is -0.113. The lowest BCUT2D eigenvalue weighted by atomic mass is 9.94. The number of aromatic amines is 1. The number of allylic oxidation sites excluding steroid dienone is 1. The van der Waals surface area contributed by atoms with E-state index < -0.39 is 6.04 Å². The molecule has 27 heavy (non-hydrogen) atoms. The Balaban J connectivity index is 1.66. The molecule has 0 radical (unpaired) electrons. The van der Waals surface area contributed by atoms with E-state index in [1.54, 1.807) is 13.1 Å². The number of carbonyl (C=O) groups is 2. The van der Waals surface area contributed by atoms with Gasteiger partial charge in [-0.3, -0.25) is 9.89 Å². The number of hydrogen-bond acceptors (Lipinski definition) is 3. The minimum Gasteiger partial charge on any atom is -0.327 e. The summed E-state index contributed by atoms with van der Waals surface area (Å²) in [4.78, 5) is 25.0. The van der Waals surface area contributed by atoms with E-state index in [9.17, 15) is 9.59 Å². The van der Waals surface area contributed by atoms with Gasteiger partial charge in [-0.2, -0.15) is 5.10 Å². The number of nitrogens with one attached hydrogen (secondary N) is 4. The Hall–Kier alpha value is -3.61. The van der Waals surface area contributed by atoms with Crippen molar-refractivity contribution >= 4 is 28.5 Å². The highest BCUT2D eigenvalue weighted by atomic mass is 16.2. The van der Waals surface area contributed by atoms with Crippen molar-refractivity contribution in [2.24, 2.45) is 0 Å². The normalized spacial score (nSPS) is 16.8. The molecular weight excluding hydrogens is 342 g/mol. The van der Waals surface area contributed by atoms with Crippen LogP contribution >= 0.6 is 0 Å². The molecule has 0 bridgehead atoms. The maximum atomic E-state index is 13.0. The number of anilines is 1. The summed E-state index contributed by atoms with van der Waals surface area (Å²) >= 11 is 0. The molecule has 1 aliphatic rings. The summed E-state index contributed by atoms with van der Waals surface area (Å²) in [6.45, 7) is 3.72. The van der Waals surface area contributed by atoms with E-state index in [-0.39, 0.29) is 11.9 Å². The Bertz CT molecular complexity index is 1070. The first-order chi connectivity index (χ1) is 13.0. The second kappa shape index (κ2) is 6.60. The molecule has 0 spiro atoms. The van der Waals surface area contributed by atoms with Gasteiger partial charge in [0.2, 0.25) is 0 Å². The Kier molecular flexibility index (Phi) is 4.12. The number of H-pyrrole nitrogens is 1. The standard InChI is InChI=1S/C20H19N5O2/c1-11-3-5-13(6-4-11)18-17(12(2)22-20(27)24-18)19(26)23-15-7-8-16-14(9-15)10-21-25-16/h3-10,18H,1-2H3,(H,21,25)(H,23,26)(H2,22,24,27). The highest BCUT2D eigenvalue weighted by molar-refractivity contribution is 6.07. The summed E-state index contributed by atoms with van der Waals surface area (Å²) in [5.74, 6) is -0.270. The molecule has 1 atom stereocenters. The van der Waals surface area contributed by atoms with Gasteiger partial charge in [0.25, 0.3) is 5.91 Å². The van der Waals surface area contributed by atoms with Crippen LogP contribution in [0.2, 0.25) is 0 Å². The van der Waals surface area contributed by atoms with E-state index >= 15 is 0 Å². The predicted molar refractivity (Wildman–Crippen MR) is 103 cm³/mol. The fraction of sp³-hybridized carbons (Fsp3) is 0.150. The van der Waals surface area contributed by atoms with Crippen LogP contribution < -0.4 is 16.0 Å². The van der Waals surface area contributed by atoms with Gasteiger partial charge in [0.1, 0.15) is 0 Å². The summed E-state index contributed by atoms with van der Waals surface area (Å²) in [7, 11) is 0. The first kappa shape index (κ1) is 16.8. The van der Waals surface area contributed by atoms with Gasteiger partial charge in [-0.1, -0.05) is 29.8 Å². The number of aryl methyl sites for hydroxylation is 1. The van der Waals surface area contributed by atoms with Gasteiger partial charge in [-0.05, 0) is 37.6 Å². The molecule has 0 aliphatic carbocycles. The zero-order valence-corrected chi connectivity index (χ0v) is 15.0. The molecule has 4 rings (SSSR count). The SMILES string of the molecule is CC1=C(C(=O)Nc2ccc3[nH]ncc3c2)C(c2ccc(C)cc2)NC(=O)N1. The number of urea groups is 1. The number of rotatable bonds is 3. The first-order valence-corrected chi connectivity index (χ1v) is 8.60. The monoisotopic (exact) mass is 361 g/mol. The van der Waals surface area contributed by atoms with Gasteiger partial charge in [-0.25, -0.2) is 4.79 Å². The summed E-state index contributed by atoms with van der Waals surface area (Å²) < 4.78 is 0. The highest BCUT2D eigenvalue weighted by Crippen LogP contribution is 2.28. The summed E-state index contributed by atoms with van der Waals surface area (Å²) in [6, 6.07) is 12.4. The van der Waals surface area contributed by atoms with E-state index in [0.717, 1.165) is 22.0 Å². The van der Waals surface area contributed by atoms with Crippen molar-refractivity contribution in [1.82, 2.24) is 20.8 Å². The minimum absolute atomic E-state index is 0.270. The average Bonchev–Trinajstić information content (AvgIpc) is 3.09. The molecule has 2 heterocycles. The van der Waals surface area contributed by atoms with Gasteiger partial charge < -0.3 is 16.0 Å². The summed E-state index contributed by atoms with van der Waals surface area (Å²) in [6.07, 6.45) is 1.70. The molecular formula is C20H19N5O2. The lowest BCUT2D eigenvalue weighted by Gasteiger charge is -2.28. The Morgan fingerprint density at radius 3 is 2.67 bits per heavy atom. The third-order valence-corrected chi connectivity index (χ3v) is 4.62. The second-order valence-corrected chi connectivity index (χ2v) is 6.61. The third-order valence-electron chi connectivity index (χ3n) is 4.62. The Morgan fingerprint density at radius 1 is 1.11 bits per heavy atom. The molecule has 0 saturated carbocycles. The molecule has 3 amide bonds. The molecule has 1 aliphatic heterocycles. The molecule has 4 N–H and O–H groups in total. The first-order valence-electron chi connectivity index (χ1n) is 8.60. The third kappa shape index (κ3) is 3.27. The van der Waals surface area contributed by atoms with Crippen molar-refractivity contribution in [1.29, 1.82) is 0 Å². The van der Waals surface area contributed by atoms with Gasteiger partial charge >= 0.3 is 6.03 Å². The average molecular weight is 361 g/mol. The van der Waals surface area contributed by atoms with Crippen LogP contribution in [0, 0.1) is 6.92 Å². The number of nitrogens with zero attached hydrogens (tertiary/aromatic N) is 1. The fourth-order valence-electron chi connectivity index (χ4n) is 3.22. The number of hydrogen-bond donors (Lipinski definition) is 4. The van der Waals surface area contributed by atoms with Crippen molar-refractivity contribution < 1.29 is 9.59 Å². The van der Waals surface area contributed by atoms with Crippen molar-refractivity contribution in [3.05, 3.63) is 71.1 Å². The quantitative estimate of drug-likeness (QED) is 0.577. The zero-order chi connectivity index (χ0) is 19.0. The van der Waals surface area contributed by atoms with Crippen LogP contribution in [0.4, 0.5) is 10.5 Å². The molecule has 7 nitrogen and oxygen atoms in total.